The molecule has 1 aliphatic heterocycles. The second kappa shape index (κ2) is 3.32. The third kappa shape index (κ3) is 1.49. The van der Waals surface area contributed by atoms with Gasteiger partial charge in [0, 0.05) is 12.8 Å². The van der Waals surface area contributed by atoms with Gasteiger partial charge >= 0.3 is 0 Å². The molecule has 3 heteroatoms. The van der Waals surface area contributed by atoms with Gasteiger partial charge in [0.2, 0.25) is 0 Å². The second-order valence-electron chi connectivity index (χ2n) is 3.75. The van der Waals surface area contributed by atoms with Crippen molar-refractivity contribution in [2.75, 3.05) is 13.2 Å². The molecule has 2 aliphatic rings. The minimum atomic E-state index is -0.195. The molecule has 2 N–H and O–H groups in total. The van der Waals surface area contributed by atoms with Crippen LogP contribution in [0.2, 0.25) is 0 Å². The average Bonchev–Trinajstić information content (AvgIpc) is 2.65. The zero-order valence-electron chi connectivity index (χ0n) is 7.42. The highest BCUT2D eigenvalue weighted by atomic mass is 16.7. The van der Waals surface area contributed by atoms with E-state index in [4.69, 9.17) is 15.2 Å². The maximum absolute atomic E-state index is 5.85. The lowest BCUT2D eigenvalue weighted by molar-refractivity contribution is -0.161. The van der Waals surface area contributed by atoms with Crippen molar-refractivity contribution in [1.82, 2.24) is 0 Å². The first-order chi connectivity index (χ1) is 5.85. The van der Waals surface area contributed by atoms with Crippen molar-refractivity contribution in [3.63, 3.8) is 0 Å². The maximum Gasteiger partial charge on any atom is 0.168 e. The van der Waals surface area contributed by atoms with Crippen molar-refractivity contribution < 1.29 is 9.47 Å². The van der Waals surface area contributed by atoms with Crippen molar-refractivity contribution >= 4 is 0 Å². The molecule has 0 radical (unpaired) electrons. The van der Waals surface area contributed by atoms with Gasteiger partial charge in [0.1, 0.15) is 0 Å². The van der Waals surface area contributed by atoms with Gasteiger partial charge in [0.15, 0.2) is 5.79 Å². The molecular formula is C9H17NO2. The van der Waals surface area contributed by atoms with E-state index in [1.54, 1.807) is 0 Å². The lowest BCUT2D eigenvalue weighted by atomic mass is 10.2. The van der Waals surface area contributed by atoms with Gasteiger partial charge in [0.25, 0.3) is 0 Å². The molecule has 2 fully saturated rings. The highest BCUT2D eigenvalue weighted by Crippen LogP contribution is 2.39. The number of nitrogens with two attached hydrogens (primary N) is 1. The largest absolute Gasteiger partial charge is 0.347 e. The fourth-order valence-corrected chi connectivity index (χ4v) is 2.12. The third-order valence-corrected chi connectivity index (χ3v) is 2.77. The number of ether oxygens (including phenoxy) is 2. The molecule has 2 rings (SSSR count). The second-order valence-corrected chi connectivity index (χ2v) is 3.75. The minimum Gasteiger partial charge on any atom is -0.347 e. The predicted octanol–water partition coefficient (Wildman–Crippen LogP) is 1.02. The van der Waals surface area contributed by atoms with Gasteiger partial charge in [-0.3, -0.25) is 0 Å². The summed E-state index contributed by atoms with van der Waals surface area (Å²) in [7, 11) is 0. The SMILES string of the molecule is NCCC1COC2(CCCC2)O1. The van der Waals surface area contributed by atoms with E-state index in [9.17, 15) is 0 Å². The zero-order chi connectivity index (χ0) is 8.44. The standard InChI is InChI=1S/C9H17NO2/c10-6-3-8-7-11-9(12-8)4-1-2-5-9/h8H,1-7,10H2. The van der Waals surface area contributed by atoms with E-state index < -0.39 is 0 Å². The highest BCUT2D eigenvalue weighted by Gasteiger charge is 2.43. The van der Waals surface area contributed by atoms with Gasteiger partial charge in [-0.15, -0.1) is 0 Å². The average molecular weight is 171 g/mol. The van der Waals surface area contributed by atoms with Crippen molar-refractivity contribution in [3.8, 4) is 0 Å². The van der Waals surface area contributed by atoms with Crippen LogP contribution in [-0.4, -0.2) is 25.0 Å². The van der Waals surface area contributed by atoms with E-state index in [2.05, 4.69) is 0 Å². The van der Waals surface area contributed by atoms with Crippen LogP contribution in [0.3, 0.4) is 0 Å². The molecule has 1 unspecified atom stereocenters. The van der Waals surface area contributed by atoms with Crippen LogP contribution in [0.15, 0.2) is 0 Å². The number of hydrogen-bond donors (Lipinski definition) is 1. The molecule has 1 heterocycles. The summed E-state index contributed by atoms with van der Waals surface area (Å²) in [4.78, 5) is 0. The summed E-state index contributed by atoms with van der Waals surface area (Å²) in [5, 5.41) is 0. The van der Waals surface area contributed by atoms with Gasteiger partial charge in [-0.2, -0.15) is 0 Å². The lowest BCUT2D eigenvalue weighted by Gasteiger charge is -2.21. The van der Waals surface area contributed by atoms with Crippen LogP contribution in [0.1, 0.15) is 32.1 Å². The summed E-state index contributed by atoms with van der Waals surface area (Å²) in [5.74, 6) is -0.195. The first-order valence-corrected chi connectivity index (χ1v) is 4.86. The van der Waals surface area contributed by atoms with E-state index in [0.29, 0.717) is 6.54 Å². The molecule has 12 heavy (non-hydrogen) atoms. The molecule has 0 aromatic carbocycles. The van der Waals surface area contributed by atoms with Crippen molar-refractivity contribution in [2.24, 2.45) is 5.73 Å². The quantitative estimate of drug-likeness (QED) is 0.674. The normalized spacial score (nSPS) is 33.2. The molecule has 1 saturated heterocycles. The van der Waals surface area contributed by atoms with Crippen LogP contribution in [0, 0.1) is 0 Å². The molecule has 1 aliphatic carbocycles. The maximum atomic E-state index is 5.85. The number of hydrogen-bond acceptors (Lipinski definition) is 3. The number of rotatable bonds is 2. The summed E-state index contributed by atoms with van der Waals surface area (Å²) in [6, 6.07) is 0. The van der Waals surface area contributed by atoms with Gasteiger partial charge in [-0.1, -0.05) is 0 Å². The molecule has 1 spiro atoms. The highest BCUT2D eigenvalue weighted by molar-refractivity contribution is 4.83. The van der Waals surface area contributed by atoms with E-state index in [1.165, 1.54) is 12.8 Å². The molecule has 1 atom stereocenters. The van der Waals surface area contributed by atoms with E-state index in [-0.39, 0.29) is 11.9 Å². The molecule has 0 amide bonds. The molecule has 0 aromatic rings. The van der Waals surface area contributed by atoms with Gasteiger partial charge in [-0.25, -0.2) is 0 Å². The first kappa shape index (κ1) is 8.48. The molecule has 70 valence electrons. The van der Waals surface area contributed by atoms with Crippen LogP contribution < -0.4 is 5.73 Å². The van der Waals surface area contributed by atoms with E-state index in [1.807, 2.05) is 0 Å². The monoisotopic (exact) mass is 171 g/mol. The minimum absolute atomic E-state index is 0.195. The zero-order valence-corrected chi connectivity index (χ0v) is 7.42. The van der Waals surface area contributed by atoms with Crippen molar-refractivity contribution in [2.45, 2.75) is 44.0 Å². The Balaban J connectivity index is 1.88. The summed E-state index contributed by atoms with van der Waals surface area (Å²) in [6.07, 6.45) is 5.84. The Morgan fingerprint density at radius 3 is 2.75 bits per heavy atom. The van der Waals surface area contributed by atoms with Crippen LogP contribution >= 0.6 is 0 Å². The van der Waals surface area contributed by atoms with Gasteiger partial charge in [-0.05, 0) is 25.8 Å². The van der Waals surface area contributed by atoms with Crippen LogP contribution in [0.25, 0.3) is 0 Å². The smallest absolute Gasteiger partial charge is 0.168 e. The Kier molecular flexibility index (Phi) is 2.35. The summed E-state index contributed by atoms with van der Waals surface area (Å²) in [6.45, 7) is 1.45. The summed E-state index contributed by atoms with van der Waals surface area (Å²) in [5.41, 5.74) is 5.46. The van der Waals surface area contributed by atoms with Crippen molar-refractivity contribution in [3.05, 3.63) is 0 Å². The Morgan fingerprint density at radius 2 is 2.08 bits per heavy atom. The summed E-state index contributed by atoms with van der Waals surface area (Å²) >= 11 is 0. The van der Waals surface area contributed by atoms with Crippen molar-refractivity contribution in [1.29, 1.82) is 0 Å². The predicted molar refractivity (Wildman–Crippen MR) is 45.7 cm³/mol. The fourth-order valence-electron chi connectivity index (χ4n) is 2.12. The third-order valence-electron chi connectivity index (χ3n) is 2.77. The van der Waals surface area contributed by atoms with Gasteiger partial charge in [0.05, 0.1) is 12.7 Å². The van der Waals surface area contributed by atoms with Crippen LogP contribution in [0.5, 0.6) is 0 Å². The molecule has 0 aromatic heterocycles. The van der Waals surface area contributed by atoms with Gasteiger partial charge < -0.3 is 15.2 Å². The Bertz CT molecular complexity index is 155. The van der Waals surface area contributed by atoms with Crippen LogP contribution in [0.4, 0.5) is 0 Å². The molecule has 1 saturated carbocycles. The lowest BCUT2D eigenvalue weighted by Crippen LogP contribution is -2.27. The Morgan fingerprint density at radius 1 is 1.33 bits per heavy atom. The van der Waals surface area contributed by atoms with E-state index in [0.717, 1.165) is 25.9 Å². The fraction of sp³-hybridized carbons (Fsp3) is 1.00. The summed E-state index contributed by atoms with van der Waals surface area (Å²) < 4.78 is 11.5. The topological polar surface area (TPSA) is 44.5 Å². The Hall–Kier alpha value is -0.120. The molecule has 0 bridgehead atoms. The Labute approximate surface area is 73.2 Å². The van der Waals surface area contributed by atoms with E-state index >= 15 is 0 Å². The van der Waals surface area contributed by atoms with Crippen LogP contribution in [-0.2, 0) is 9.47 Å². The molecular weight excluding hydrogens is 154 g/mol. The molecule has 3 nitrogen and oxygen atoms in total. The first-order valence-electron chi connectivity index (χ1n) is 4.86.